The molecule has 27 heavy (non-hydrogen) atoms. The van der Waals surface area contributed by atoms with Gasteiger partial charge < -0.3 is 23.8 Å². The molecule has 1 amide bonds. The summed E-state index contributed by atoms with van der Waals surface area (Å²) in [5.74, 6) is 2.18. The maximum absolute atomic E-state index is 12.3. The molecule has 3 rings (SSSR count). The maximum Gasteiger partial charge on any atom is 0.260 e. The molecule has 1 atom stereocenters. The third-order valence-corrected chi connectivity index (χ3v) is 4.11. The number of hydrogen-bond donors (Lipinski definition) is 0. The molecule has 1 fully saturated rings. The van der Waals surface area contributed by atoms with Crippen LogP contribution in [0.5, 0.6) is 23.3 Å². The molecular weight excluding hydrogens is 350 g/mol. The number of ether oxygens (including phenoxy) is 4. The first-order chi connectivity index (χ1) is 13.2. The van der Waals surface area contributed by atoms with Gasteiger partial charge in [-0.15, -0.1) is 10.2 Å². The van der Waals surface area contributed by atoms with Crippen LogP contribution in [-0.4, -0.2) is 60.5 Å². The number of hydrogen-bond acceptors (Lipinski definition) is 7. The standard InChI is InChI=1S/C19H23N3O5/c1-3-25-14-4-6-15(7-5-14)26-13-19(23)22-11-10-16(12-22)27-18-9-8-17(24-2)20-21-18/h4-9,16H,3,10-13H2,1-2H3. The van der Waals surface area contributed by atoms with Crippen molar-refractivity contribution in [3.05, 3.63) is 36.4 Å². The van der Waals surface area contributed by atoms with Gasteiger partial charge in [-0.3, -0.25) is 4.79 Å². The van der Waals surface area contributed by atoms with Crippen molar-refractivity contribution in [2.75, 3.05) is 33.4 Å². The number of likely N-dealkylation sites (tertiary alicyclic amines) is 1. The molecule has 8 nitrogen and oxygen atoms in total. The van der Waals surface area contributed by atoms with Gasteiger partial charge in [-0.25, -0.2) is 0 Å². The lowest BCUT2D eigenvalue weighted by atomic mass is 10.3. The van der Waals surface area contributed by atoms with Crippen LogP contribution < -0.4 is 18.9 Å². The van der Waals surface area contributed by atoms with E-state index in [4.69, 9.17) is 18.9 Å². The average Bonchev–Trinajstić information content (AvgIpc) is 3.17. The first-order valence-corrected chi connectivity index (χ1v) is 8.85. The Morgan fingerprint density at radius 2 is 1.74 bits per heavy atom. The van der Waals surface area contributed by atoms with Crippen molar-refractivity contribution >= 4 is 5.91 Å². The van der Waals surface area contributed by atoms with E-state index in [1.165, 1.54) is 7.11 Å². The molecule has 2 aromatic rings. The Morgan fingerprint density at radius 1 is 1.07 bits per heavy atom. The van der Waals surface area contributed by atoms with Gasteiger partial charge in [-0.1, -0.05) is 0 Å². The lowest BCUT2D eigenvalue weighted by molar-refractivity contribution is -0.132. The molecule has 1 saturated heterocycles. The van der Waals surface area contributed by atoms with E-state index in [1.54, 1.807) is 29.2 Å². The van der Waals surface area contributed by atoms with Gasteiger partial charge in [0.05, 0.1) is 20.3 Å². The molecule has 0 saturated carbocycles. The molecule has 1 aliphatic heterocycles. The minimum absolute atomic E-state index is 0.0109. The lowest BCUT2D eigenvalue weighted by Crippen LogP contribution is -2.34. The summed E-state index contributed by atoms with van der Waals surface area (Å²) >= 11 is 0. The molecule has 1 aromatic heterocycles. The number of rotatable bonds is 8. The van der Waals surface area contributed by atoms with Gasteiger partial charge in [-0.2, -0.15) is 0 Å². The molecule has 2 heterocycles. The largest absolute Gasteiger partial charge is 0.494 e. The molecule has 1 unspecified atom stereocenters. The van der Waals surface area contributed by atoms with Gasteiger partial charge in [0.15, 0.2) is 6.61 Å². The van der Waals surface area contributed by atoms with E-state index in [0.717, 1.165) is 12.2 Å². The summed E-state index contributed by atoms with van der Waals surface area (Å²) in [7, 11) is 1.53. The fourth-order valence-corrected chi connectivity index (χ4v) is 2.74. The van der Waals surface area contributed by atoms with Crippen molar-refractivity contribution in [2.45, 2.75) is 19.4 Å². The molecule has 0 bridgehead atoms. The van der Waals surface area contributed by atoms with E-state index in [0.29, 0.717) is 37.2 Å². The van der Waals surface area contributed by atoms with Crippen molar-refractivity contribution in [3.63, 3.8) is 0 Å². The Hall–Kier alpha value is -3.03. The smallest absolute Gasteiger partial charge is 0.260 e. The van der Waals surface area contributed by atoms with Crippen LogP contribution in [0.1, 0.15) is 13.3 Å². The third-order valence-electron chi connectivity index (χ3n) is 4.11. The highest BCUT2D eigenvalue weighted by Gasteiger charge is 2.28. The van der Waals surface area contributed by atoms with Gasteiger partial charge in [0.25, 0.3) is 5.91 Å². The van der Waals surface area contributed by atoms with Crippen molar-refractivity contribution in [2.24, 2.45) is 0 Å². The number of carbonyl (C=O) groups excluding carboxylic acids is 1. The van der Waals surface area contributed by atoms with Crippen LogP contribution in [0.4, 0.5) is 0 Å². The predicted molar refractivity (Wildman–Crippen MR) is 97.3 cm³/mol. The summed E-state index contributed by atoms with van der Waals surface area (Å²) in [4.78, 5) is 14.1. The quantitative estimate of drug-likeness (QED) is 0.699. The minimum Gasteiger partial charge on any atom is -0.494 e. The van der Waals surface area contributed by atoms with Crippen molar-refractivity contribution in [1.29, 1.82) is 0 Å². The average molecular weight is 373 g/mol. The van der Waals surface area contributed by atoms with Gasteiger partial charge in [-0.05, 0) is 31.2 Å². The second-order valence-electron chi connectivity index (χ2n) is 5.98. The van der Waals surface area contributed by atoms with Crippen molar-refractivity contribution in [1.82, 2.24) is 15.1 Å². The molecule has 8 heteroatoms. The second-order valence-corrected chi connectivity index (χ2v) is 5.98. The van der Waals surface area contributed by atoms with Crippen LogP contribution in [0, 0.1) is 0 Å². The minimum atomic E-state index is -0.109. The predicted octanol–water partition coefficient (Wildman–Crippen LogP) is 1.94. The summed E-state index contributed by atoms with van der Waals surface area (Å²) in [5.41, 5.74) is 0. The summed E-state index contributed by atoms with van der Waals surface area (Å²) < 4.78 is 21.7. The highest BCUT2D eigenvalue weighted by atomic mass is 16.5. The monoisotopic (exact) mass is 373 g/mol. The van der Waals surface area contributed by atoms with Crippen LogP contribution in [0.2, 0.25) is 0 Å². The number of amides is 1. The lowest BCUT2D eigenvalue weighted by Gasteiger charge is -2.17. The second kappa shape index (κ2) is 9.07. The van der Waals surface area contributed by atoms with E-state index >= 15 is 0 Å². The Morgan fingerprint density at radius 3 is 2.37 bits per heavy atom. The summed E-state index contributed by atoms with van der Waals surface area (Å²) in [5, 5.41) is 7.81. The molecule has 0 aliphatic carbocycles. The van der Waals surface area contributed by atoms with Gasteiger partial charge in [0.2, 0.25) is 11.8 Å². The Balaban J connectivity index is 1.44. The molecule has 1 aliphatic rings. The fraction of sp³-hybridized carbons (Fsp3) is 0.421. The van der Waals surface area contributed by atoms with E-state index < -0.39 is 0 Å². The normalized spacial score (nSPS) is 16.1. The van der Waals surface area contributed by atoms with E-state index in [2.05, 4.69) is 10.2 Å². The molecular formula is C19H23N3O5. The van der Waals surface area contributed by atoms with Crippen LogP contribution >= 0.6 is 0 Å². The van der Waals surface area contributed by atoms with E-state index in [1.807, 2.05) is 19.1 Å². The van der Waals surface area contributed by atoms with Gasteiger partial charge in [0.1, 0.15) is 17.6 Å². The number of benzene rings is 1. The fourth-order valence-electron chi connectivity index (χ4n) is 2.74. The van der Waals surface area contributed by atoms with E-state index in [9.17, 15) is 4.79 Å². The first kappa shape index (κ1) is 18.8. The summed E-state index contributed by atoms with van der Waals surface area (Å²) in [6.07, 6.45) is 0.629. The number of carbonyl (C=O) groups is 1. The van der Waals surface area contributed by atoms with Crippen molar-refractivity contribution in [3.8, 4) is 23.3 Å². The molecule has 0 spiro atoms. The zero-order valence-electron chi connectivity index (χ0n) is 15.5. The first-order valence-electron chi connectivity index (χ1n) is 8.85. The number of aromatic nitrogens is 2. The molecule has 144 valence electrons. The highest BCUT2D eigenvalue weighted by Crippen LogP contribution is 2.19. The van der Waals surface area contributed by atoms with Crippen LogP contribution in [-0.2, 0) is 4.79 Å². The van der Waals surface area contributed by atoms with Gasteiger partial charge >= 0.3 is 0 Å². The molecule has 1 aromatic carbocycles. The summed E-state index contributed by atoms with van der Waals surface area (Å²) in [6.45, 7) is 3.65. The SMILES string of the molecule is CCOc1ccc(OCC(=O)N2CCC(Oc3ccc(OC)nn3)C2)cc1. The van der Waals surface area contributed by atoms with Crippen molar-refractivity contribution < 1.29 is 23.7 Å². The maximum atomic E-state index is 12.3. The van der Waals surface area contributed by atoms with E-state index in [-0.39, 0.29) is 18.6 Å². The van der Waals surface area contributed by atoms with Gasteiger partial charge in [0, 0.05) is 25.1 Å². The van der Waals surface area contributed by atoms with Crippen LogP contribution in [0.3, 0.4) is 0 Å². The summed E-state index contributed by atoms with van der Waals surface area (Å²) in [6, 6.07) is 10.6. The zero-order chi connectivity index (χ0) is 19.1. The number of methoxy groups -OCH3 is 1. The zero-order valence-corrected chi connectivity index (χ0v) is 15.5. The highest BCUT2D eigenvalue weighted by molar-refractivity contribution is 5.78. The Bertz CT molecular complexity index is 736. The Kier molecular flexibility index (Phi) is 6.30. The molecule has 0 radical (unpaired) electrons. The van der Waals surface area contributed by atoms with Crippen LogP contribution in [0.25, 0.3) is 0 Å². The molecule has 0 N–H and O–H groups in total. The third kappa shape index (κ3) is 5.22. The Labute approximate surface area is 158 Å². The topological polar surface area (TPSA) is 83.0 Å². The number of nitrogens with zero attached hydrogens (tertiary/aromatic N) is 3. The van der Waals surface area contributed by atoms with Crippen LogP contribution in [0.15, 0.2) is 36.4 Å².